The van der Waals surface area contributed by atoms with E-state index in [1.54, 1.807) is 6.08 Å². The van der Waals surface area contributed by atoms with Crippen molar-refractivity contribution in [3.05, 3.63) is 74.5 Å². The van der Waals surface area contributed by atoms with Gasteiger partial charge in [-0.3, -0.25) is 0 Å². The molecule has 4 heteroatoms. The quantitative estimate of drug-likeness (QED) is 0.384. The number of esters is 1. The Bertz CT molecular complexity index is 825. The molecule has 3 nitrogen and oxygen atoms in total. The summed E-state index contributed by atoms with van der Waals surface area (Å²) in [5.41, 5.74) is 3.42. The second kappa shape index (κ2) is 6.51. The highest BCUT2D eigenvalue weighted by Gasteiger charge is 2.24. The highest BCUT2D eigenvalue weighted by molar-refractivity contribution is 14.1. The van der Waals surface area contributed by atoms with E-state index in [0.717, 1.165) is 14.7 Å². The zero-order valence-corrected chi connectivity index (χ0v) is 16.0. The molecule has 0 fully saturated rings. The molecule has 3 rings (SSSR count). The van der Waals surface area contributed by atoms with Crippen molar-refractivity contribution in [3.63, 3.8) is 0 Å². The predicted molar refractivity (Wildman–Crippen MR) is 105 cm³/mol. The number of ether oxygens (including phenoxy) is 1. The molecule has 0 saturated heterocycles. The second-order valence-electron chi connectivity index (χ2n) is 6.71. The maximum Gasteiger partial charge on any atom is 0.363 e. The molecule has 0 bridgehead atoms. The van der Waals surface area contributed by atoms with Crippen LogP contribution >= 0.6 is 22.6 Å². The molecule has 0 aromatic heterocycles. The van der Waals surface area contributed by atoms with Crippen LogP contribution in [-0.2, 0) is 14.9 Å². The smallest absolute Gasteiger partial charge is 0.363 e. The summed E-state index contributed by atoms with van der Waals surface area (Å²) in [6.07, 6.45) is 1.76. The Morgan fingerprint density at radius 1 is 1.00 bits per heavy atom. The lowest BCUT2D eigenvalue weighted by molar-refractivity contribution is -0.129. The van der Waals surface area contributed by atoms with Crippen molar-refractivity contribution in [1.29, 1.82) is 0 Å². The van der Waals surface area contributed by atoms with Crippen molar-refractivity contribution >= 4 is 40.5 Å². The number of carbonyl (C=O) groups excluding carboxylic acids is 1. The Kier molecular flexibility index (Phi) is 4.58. The summed E-state index contributed by atoms with van der Waals surface area (Å²) in [6, 6.07) is 15.9. The third-order valence-electron chi connectivity index (χ3n) is 3.79. The minimum absolute atomic E-state index is 0.105. The molecule has 1 aliphatic rings. The Hall–Kier alpha value is -1.95. The van der Waals surface area contributed by atoms with E-state index in [1.165, 1.54) is 5.56 Å². The van der Waals surface area contributed by atoms with E-state index >= 15 is 0 Å². The number of cyclic esters (lactones) is 1. The van der Waals surface area contributed by atoms with Crippen LogP contribution in [0.2, 0.25) is 0 Å². The van der Waals surface area contributed by atoms with Crippen LogP contribution in [0, 0.1) is 3.57 Å². The third-order valence-corrected chi connectivity index (χ3v) is 4.51. The number of rotatable bonds is 2. The first-order valence-corrected chi connectivity index (χ1v) is 8.80. The average molecular weight is 431 g/mol. The van der Waals surface area contributed by atoms with E-state index in [9.17, 15) is 4.79 Å². The Morgan fingerprint density at radius 3 is 2.21 bits per heavy atom. The minimum atomic E-state index is -0.413. The number of aliphatic imine (C=N–C) groups is 1. The number of hydrogen-bond acceptors (Lipinski definition) is 3. The number of halogens is 1. The first kappa shape index (κ1) is 16.9. The average Bonchev–Trinajstić information content (AvgIpc) is 2.89. The van der Waals surface area contributed by atoms with Gasteiger partial charge >= 0.3 is 5.97 Å². The van der Waals surface area contributed by atoms with Crippen molar-refractivity contribution in [2.45, 2.75) is 26.2 Å². The molecule has 1 heterocycles. The molecule has 0 amide bonds. The Balaban J connectivity index is 1.87. The molecule has 0 aliphatic carbocycles. The SMILES string of the molecule is CC(C)(C)c1ccc(/C=C2/N=C(c3ccc(I)cc3)OC2=O)cc1. The summed E-state index contributed by atoms with van der Waals surface area (Å²) >= 11 is 2.23. The maximum atomic E-state index is 12.0. The molecule has 0 saturated carbocycles. The molecule has 0 spiro atoms. The molecule has 0 radical (unpaired) electrons. The number of benzene rings is 2. The fourth-order valence-corrected chi connectivity index (χ4v) is 2.72. The summed E-state index contributed by atoms with van der Waals surface area (Å²) in [4.78, 5) is 16.4. The summed E-state index contributed by atoms with van der Waals surface area (Å²) in [5.74, 6) is -0.0580. The molecule has 122 valence electrons. The van der Waals surface area contributed by atoms with Crippen LogP contribution in [0.1, 0.15) is 37.5 Å². The van der Waals surface area contributed by atoms with E-state index in [2.05, 4.69) is 60.5 Å². The number of carbonyl (C=O) groups is 1. The van der Waals surface area contributed by atoms with E-state index in [-0.39, 0.29) is 5.41 Å². The summed E-state index contributed by atoms with van der Waals surface area (Å²) in [5, 5.41) is 0. The number of nitrogens with zero attached hydrogens (tertiary/aromatic N) is 1. The van der Waals surface area contributed by atoms with Gasteiger partial charge in [0.25, 0.3) is 0 Å². The predicted octanol–water partition coefficient (Wildman–Crippen LogP) is 4.93. The van der Waals surface area contributed by atoms with Gasteiger partial charge in [-0.1, -0.05) is 45.0 Å². The highest BCUT2D eigenvalue weighted by Crippen LogP contribution is 2.24. The van der Waals surface area contributed by atoms with Crippen molar-refractivity contribution < 1.29 is 9.53 Å². The first-order valence-electron chi connectivity index (χ1n) is 7.72. The standard InChI is InChI=1S/C20H18INO2/c1-20(2,3)15-8-4-13(5-9-15)12-17-19(23)24-18(22-17)14-6-10-16(21)11-7-14/h4-12H,1-3H3/b17-12+. The normalized spacial score (nSPS) is 16.2. The highest BCUT2D eigenvalue weighted by atomic mass is 127. The Labute approximate surface area is 155 Å². The molecule has 24 heavy (non-hydrogen) atoms. The lowest BCUT2D eigenvalue weighted by atomic mass is 9.87. The topological polar surface area (TPSA) is 38.7 Å². The fraction of sp³-hybridized carbons (Fsp3) is 0.200. The maximum absolute atomic E-state index is 12.0. The van der Waals surface area contributed by atoms with Crippen molar-refractivity contribution in [2.24, 2.45) is 4.99 Å². The van der Waals surface area contributed by atoms with Crippen LogP contribution in [0.5, 0.6) is 0 Å². The van der Waals surface area contributed by atoms with Crippen LogP contribution in [0.3, 0.4) is 0 Å². The molecular formula is C20H18INO2. The molecule has 0 N–H and O–H groups in total. The van der Waals surface area contributed by atoms with Gasteiger partial charge in [-0.25, -0.2) is 9.79 Å². The van der Waals surface area contributed by atoms with E-state index in [0.29, 0.717) is 11.6 Å². The third kappa shape index (κ3) is 3.75. The van der Waals surface area contributed by atoms with Gasteiger partial charge in [0.15, 0.2) is 5.70 Å². The van der Waals surface area contributed by atoms with Crippen LogP contribution in [0.4, 0.5) is 0 Å². The van der Waals surface area contributed by atoms with E-state index in [1.807, 2.05) is 36.4 Å². The largest absolute Gasteiger partial charge is 0.402 e. The van der Waals surface area contributed by atoms with Crippen LogP contribution in [0.15, 0.2) is 59.2 Å². The van der Waals surface area contributed by atoms with Gasteiger partial charge in [0.2, 0.25) is 5.90 Å². The summed E-state index contributed by atoms with van der Waals surface area (Å²) in [6.45, 7) is 6.52. The van der Waals surface area contributed by atoms with Crippen LogP contribution in [0.25, 0.3) is 6.08 Å². The molecule has 0 unspecified atom stereocenters. The van der Waals surface area contributed by atoms with Gasteiger partial charge in [-0.15, -0.1) is 0 Å². The van der Waals surface area contributed by atoms with Gasteiger partial charge in [-0.05, 0) is 69.5 Å². The van der Waals surface area contributed by atoms with E-state index < -0.39 is 5.97 Å². The zero-order valence-electron chi connectivity index (χ0n) is 13.8. The molecule has 2 aromatic carbocycles. The van der Waals surface area contributed by atoms with Gasteiger partial charge in [0, 0.05) is 9.13 Å². The Morgan fingerprint density at radius 2 is 1.62 bits per heavy atom. The van der Waals surface area contributed by atoms with Crippen molar-refractivity contribution in [3.8, 4) is 0 Å². The van der Waals surface area contributed by atoms with Crippen molar-refractivity contribution in [2.75, 3.05) is 0 Å². The van der Waals surface area contributed by atoms with Crippen LogP contribution < -0.4 is 0 Å². The second-order valence-corrected chi connectivity index (χ2v) is 7.96. The first-order chi connectivity index (χ1) is 11.3. The fourth-order valence-electron chi connectivity index (χ4n) is 2.36. The summed E-state index contributed by atoms with van der Waals surface area (Å²) in [7, 11) is 0. The molecular weight excluding hydrogens is 413 g/mol. The van der Waals surface area contributed by atoms with Gasteiger partial charge in [-0.2, -0.15) is 0 Å². The van der Waals surface area contributed by atoms with Gasteiger partial charge in [0.1, 0.15) is 0 Å². The zero-order chi connectivity index (χ0) is 17.3. The lowest BCUT2D eigenvalue weighted by Gasteiger charge is -2.18. The van der Waals surface area contributed by atoms with Gasteiger partial charge < -0.3 is 4.74 Å². The summed E-state index contributed by atoms with van der Waals surface area (Å²) < 4.78 is 6.41. The molecule has 2 aromatic rings. The molecule has 1 aliphatic heterocycles. The monoisotopic (exact) mass is 431 g/mol. The van der Waals surface area contributed by atoms with E-state index in [4.69, 9.17) is 4.74 Å². The lowest BCUT2D eigenvalue weighted by Crippen LogP contribution is -2.10. The van der Waals surface area contributed by atoms with Gasteiger partial charge in [0.05, 0.1) is 0 Å². The van der Waals surface area contributed by atoms with Crippen LogP contribution in [-0.4, -0.2) is 11.9 Å². The number of hydrogen-bond donors (Lipinski definition) is 0. The van der Waals surface area contributed by atoms with Crippen molar-refractivity contribution in [1.82, 2.24) is 0 Å². The molecule has 0 atom stereocenters. The minimum Gasteiger partial charge on any atom is -0.402 e.